The van der Waals surface area contributed by atoms with Gasteiger partial charge in [-0.25, -0.2) is 29.9 Å². The molecule has 4 amide bonds. The topological polar surface area (TPSA) is 348 Å². The highest BCUT2D eigenvalue weighted by Crippen LogP contribution is 2.35. The SMILES string of the molecule is C#CCCC(=O)CCCSSCCCC(=O)NCc1ccc(Cn2c(CCCC)nc3c(N)nc4ccccc4c32)cc1.C#CCCC(=O)CSCCCCSCC(=O)NCc1ccc(Cn2c(CCCC)nc3c(N)nc4ccccc4c32)cc1.C#CCNC(=O)COCCOCCOCC(=O)NCc1ccc(Cn2c(CCCC)nc3c(N)nc4ccccc4c32)cc1. The highest BCUT2D eigenvalue weighted by atomic mass is 33.1. The van der Waals surface area contributed by atoms with E-state index in [1.54, 1.807) is 45.1 Å². The fraction of sp³-hybridized carbons (Fsp3) is 0.406. The number of hydrogen-bond acceptors (Lipinski definition) is 22. The first-order valence-electron chi connectivity index (χ1n) is 44.9. The number of pyridine rings is 3. The molecule has 0 atom stereocenters. The molecule has 10 N–H and O–H groups in total. The summed E-state index contributed by atoms with van der Waals surface area (Å²) in [6.07, 6.45) is 31.4. The molecular formula is C101H122N16O9S4. The summed E-state index contributed by atoms with van der Waals surface area (Å²) < 4.78 is 22.8. The third kappa shape index (κ3) is 32.0. The molecule has 0 saturated carbocycles. The van der Waals surface area contributed by atoms with Crippen LogP contribution < -0.4 is 38.5 Å². The standard InChI is InChI=1S/2C34H41N5O2S2.C33H40N6O5/c1-3-5-11-27(40)12-9-21-42-43-22-10-16-31(41)36-23-25-17-19-26(20-18-25)24-39-30(15-6-4-2)38-32-33(39)28-13-7-8-14-29(28)37-34(32)35;1-3-5-11-27(40)23-42-19-9-10-20-43-24-31(41)36-21-25-15-17-26(18-16-25)22-39-30(14-6-4-2)38-32-33(39)28-12-7-8-13-29(28)37-34(32)35;1-3-5-10-28-38-31-32(26-8-6-7-9-27(26)37-33(31)34)39(28)21-25-13-11-24(12-14-25)20-36-30(41)23-44-19-17-42-16-18-43-22-29(40)35-15-4-2/h1,7-8,13-14,17-20H,4-6,9-12,15-16,21-24H2,2H3,(H2,35,37)(H,36,41);1,7-8,12-13,15-18H,4-6,9-11,14,19-24H2,2H3,(H2,35,37)(H,36,41);2,6-9,11-14H,3,5,10,15-23H2,1H3,(H2,34,37)(H,35,40)(H,36,41). The number of amides is 4. The molecule has 12 rings (SSSR count). The molecule has 0 spiro atoms. The third-order valence-electron chi connectivity index (χ3n) is 21.3. The van der Waals surface area contributed by atoms with Crippen LogP contribution >= 0.6 is 45.1 Å². The number of ketones is 2. The first-order valence-corrected chi connectivity index (χ1v) is 49.7. The smallest absolute Gasteiger partial charge is 0.246 e. The third-order valence-corrected chi connectivity index (χ3v) is 26.0. The largest absolute Gasteiger partial charge is 0.382 e. The zero-order valence-corrected chi connectivity index (χ0v) is 78.3. The number of benzene rings is 6. The van der Waals surface area contributed by atoms with Gasteiger partial charge in [-0.3, -0.25) is 28.8 Å². The van der Waals surface area contributed by atoms with Gasteiger partial charge in [-0.15, -0.1) is 31.1 Å². The van der Waals surface area contributed by atoms with Crippen LogP contribution in [-0.2, 0) is 102 Å². The van der Waals surface area contributed by atoms with Crippen molar-refractivity contribution in [3.05, 3.63) is 196 Å². The average molecular weight is 1830 g/mol. The zero-order chi connectivity index (χ0) is 92.0. The summed E-state index contributed by atoms with van der Waals surface area (Å²) in [5.74, 6) is 16.6. The molecule has 0 aliphatic rings. The molecule has 0 aliphatic carbocycles. The van der Waals surface area contributed by atoms with E-state index in [1.807, 2.05) is 66.7 Å². The molecule has 12 aromatic rings. The number of imidazole rings is 3. The minimum atomic E-state index is -0.273. The molecule has 29 heteroatoms. The Labute approximate surface area is 779 Å². The second kappa shape index (κ2) is 55.5. The van der Waals surface area contributed by atoms with E-state index >= 15 is 0 Å². The molecule has 0 fully saturated rings. The molecule has 0 saturated heterocycles. The van der Waals surface area contributed by atoms with Crippen molar-refractivity contribution < 1.29 is 43.0 Å². The Kier molecular flexibility index (Phi) is 43.0. The molecule has 6 aromatic heterocycles. The quantitative estimate of drug-likeness (QED) is 0.0106. The van der Waals surface area contributed by atoms with Crippen LogP contribution in [0.2, 0.25) is 0 Å². The number of hydrogen-bond donors (Lipinski definition) is 7. The van der Waals surface area contributed by atoms with E-state index in [-0.39, 0.29) is 68.2 Å². The number of nitrogens with two attached hydrogens (primary N) is 3. The number of rotatable bonds is 54. The zero-order valence-electron chi connectivity index (χ0n) is 75.0. The van der Waals surface area contributed by atoms with Gasteiger partial charge in [-0.2, -0.15) is 23.5 Å². The molecule has 6 heterocycles. The highest BCUT2D eigenvalue weighted by Gasteiger charge is 2.23. The van der Waals surface area contributed by atoms with Crippen molar-refractivity contribution in [2.45, 2.75) is 182 Å². The fourth-order valence-electron chi connectivity index (χ4n) is 14.4. The molecule has 0 aliphatic heterocycles. The number of nitrogens with zero attached hydrogens (tertiary/aromatic N) is 9. The van der Waals surface area contributed by atoms with Gasteiger partial charge in [0.15, 0.2) is 17.5 Å². The Balaban J connectivity index is 0.000000203. The molecule has 25 nitrogen and oxygen atoms in total. The lowest BCUT2D eigenvalue weighted by Crippen LogP contribution is -2.28. The van der Waals surface area contributed by atoms with Crippen LogP contribution in [0.25, 0.3) is 65.8 Å². The molecule has 0 radical (unpaired) electrons. The maximum absolute atomic E-state index is 12.4. The number of aromatic nitrogens is 9. The van der Waals surface area contributed by atoms with E-state index in [0.29, 0.717) is 120 Å². The maximum Gasteiger partial charge on any atom is 0.246 e. The first-order chi connectivity index (χ1) is 63.5. The van der Waals surface area contributed by atoms with Crippen molar-refractivity contribution in [2.24, 2.45) is 0 Å². The Morgan fingerprint density at radius 1 is 0.369 bits per heavy atom. The number of terminal acetylenes is 3. The van der Waals surface area contributed by atoms with Crippen molar-refractivity contribution >= 4 is 164 Å². The van der Waals surface area contributed by atoms with Gasteiger partial charge in [-0.1, -0.05) is 195 Å². The Hall–Kier alpha value is -11.5. The predicted octanol–water partition coefficient (Wildman–Crippen LogP) is 16.5. The number of nitrogen functional groups attached to an aromatic ring is 3. The number of anilines is 3. The van der Waals surface area contributed by atoms with Gasteiger partial charge in [0, 0.05) is 125 Å². The Morgan fingerprint density at radius 3 is 1.12 bits per heavy atom. The number of fused-ring (bicyclic) bond motifs is 9. The van der Waals surface area contributed by atoms with E-state index in [0.717, 1.165) is 223 Å². The van der Waals surface area contributed by atoms with E-state index in [1.165, 1.54) is 0 Å². The lowest BCUT2D eigenvalue weighted by atomic mass is 10.1. The molecule has 6 aromatic carbocycles. The average Bonchev–Trinajstić information content (AvgIpc) is 1.61. The Morgan fingerprint density at radius 2 is 0.723 bits per heavy atom. The summed E-state index contributed by atoms with van der Waals surface area (Å²) >= 11 is 3.32. The van der Waals surface area contributed by atoms with Crippen LogP contribution in [0.3, 0.4) is 0 Å². The maximum atomic E-state index is 12.4. The lowest BCUT2D eigenvalue weighted by Gasteiger charge is -2.12. The van der Waals surface area contributed by atoms with Crippen molar-refractivity contribution in [3.8, 4) is 37.0 Å². The monoisotopic (exact) mass is 1830 g/mol. The summed E-state index contributed by atoms with van der Waals surface area (Å²) in [5, 5.41) is 14.6. The van der Waals surface area contributed by atoms with Gasteiger partial charge in [0.1, 0.15) is 58.8 Å². The molecule has 130 heavy (non-hydrogen) atoms. The number of ether oxygens (including phenoxy) is 3. The second-order valence-corrected chi connectivity index (χ2v) is 36.3. The summed E-state index contributed by atoms with van der Waals surface area (Å²) in [6.45, 7) is 11.2. The van der Waals surface area contributed by atoms with Crippen LogP contribution in [-0.4, -0.2) is 160 Å². The van der Waals surface area contributed by atoms with Gasteiger partial charge >= 0.3 is 0 Å². The minimum Gasteiger partial charge on any atom is -0.382 e. The second-order valence-electron chi connectivity index (χ2n) is 31.4. The van der Waals surface area contributed by atoms with Gasteiger partial charge < -0.3 is 66.4 Å². The van der Waals surface area contributed by atoms with Crippen molar-refractivity contribution in [2.75, 3.05) is 97.9 Å². The van der Waals surface area contributed by atoms with Crippen LogP contribution in [0, 0.1) is 37.0 Å². The highest BCUT2D eigenvalue weighted by molar-refractivity contribution is 8.76. The number of Topliss-reactive ketones (excluding diaryl/α,β-unsaturated/α-hetero) is 2. The van der Waals surface area contributed by atoms with Crippen LogP contribution in [0.5, 0.6) is 0 Å². The van der Waals surface area contributed by atoms with Crippen LogP contribution in [0.15, 0.2) is 146 Å². The fourth-order valence-corrected chi connectivity index (χ4v) is 18.4. The lowest BCUT2D eigenvalue weighted by molar-refractivity contribution is -0.126. The number of nitrogens with one attached hydrogen (secondary N) is 4. The van der Waals surface area contributed by atoms with Crippen molar-refractivity contribution in [1.82, 2.24) is 64.9 Å². The number of carbonyl (C=O) groups excluding carboxylic acids is 6. The van der Waals surface area contributed by atoms with Crippen molar-refractivity contribution in [1.29, 1.82) is 0 Å². The van der Waals surface area contributed by atoms with Gasteiger partial charge in [-0.05, 0) is 108 Å². The minimum absolute atomic E-state index is 0.0473. The van der Waals surface area contributed by atoms with Crippen molar-refractivity contribution in [3.63, 3.8) is 0 Å². The predicted molar refractivity (Wildman–Crippen MR) is 534 cm³/mol. The van der Waals surface area contributed by atoms with E-state index in [2.05, 4.69) is 167 Å². The number of para-hydroxylation sites is 3. The molecular weight excluding hydrogens is 1710 g/mol. The number of aryl methyl sites for hydroxylation is 3. The van der Waals surface area contributed by atoms with E-state index < -0.39 is 0 Å². The van der Waals surface area contributed by atoms with Crippen LogP contribution in [0.4, 0.5) is 17.5 Å². The Bertz CT molecular complexity index is 5590. The summed E-state index contributed by atoms with van der Waals surface area (Å²) in [6, 6.07) is 49.2. The van der Waals surface area contributed by atoms with E-state index in [4.69, 9.17) is 65.6 Å². The van der Waals surface area contributed by atoms with Crippen LogP contribution in [0.1, 0.15) is 174 Å². The summed E-state index contributed by atoms with van der Waals surface area (Å²) in [4.78, 5) is 100. The van der Waals surface area contributed by atoms with E-state index in [9.17, 15) is 28.8 Å². The molecule has 684 valence electrons. The normalized spacial score (nSPS) is 11.1. The van der Waals surface area contributed by atoms with Gasteiger partial charge in [0.05, 0.1) is 77.6 Å². The number of thioether (sulfide) groups is 2. The van der Waals surface area contributed by atoms with Gasteiger partial charge in [0.2, 0.25) is 23.6 Å². The summed E-state index contributed by atoms with van der Waals surface area (Å²) in [7, 11) is 3.53. The number of unbranched alkanes of at least 4 members (excludes halogenated alkanes) is 4. The number of carbonyl (C=O) groups is 6. The van der Waals surface area contributed by atoms with Gasteiger partial charge in [0.25, 0.3) is 0 Å². The first kappa shape index (κ1) is 101. The summed E-state index contributed by atoms with van der Waals surface area (Å²) in [5.41, 5.74) is 33.6. The molecule has 0 unspecified atom stereocenters. The molecule has 0 bridgehead atoms.